The molecule has 0 fully saturated rings. The summed E-state index contributed by atoms with van der Waals surface area (Å²) in [7, 11) is 0. The number of carbonyl (C=O) groups excluding carboxylic acids is 2. The summed E-state index contributed by atoms with van der Waals surface area (Å²) in [6.45, 7) is 3.48. The number of urea groups is 1. The van der Waals surface area contributed by atoms with Crippen LogP contribution in [-0.2, 0) is 16.0 Å². The predicted molar refractivity (Wildman–Crippen MR) is 128 cm³/mol. The standard InChI is InChI=1S/C24H24N6O6/c1-3-35-22(31)20-15(2)25-24(32)29(21(20)16-8-7-11-18(14-16)30(33)34)13-12-19-27-28-23(36-19)26-17-9-5-4-6-10-17/h4-11,14,21H,3,12-13H2,1-2H3,(H,25,32)(H,26,28). The number of para-hydroxylation sites is 1. The monoisotopic (exact) mass is 492 g/mol. The number of hydrogen-bond acceptors (Lipinski definition) is 9. The zero-order valence-electron chi connectivity index (χ0n) is 19.6. The summed E-state index contributed by atoms with van der Waals surface area (Å²) in [6.07, 6.45) is 0.178. The van der Waals surface area contributed by atoms with Gasteiger partial charge in [0.1, 0.15) is 0 Å². The number of ether oxygens (including phenoxy) is 1. The molecule has 1 atom stereocenters. The fourth-order valence-corrected chi connectivity index (χ4v) is 3.90. The molecule has 0 saturated heterocycles. The highest BCUT2D eigenvalue weighted by Crippen LogP contribution is 2.35. The molecule has 0 radical (unpaired) electrons. The van der Waals surface area contributed by atoms with E-state index in [1.165, 1.54) is 23.1 Å². The van der Waals surface area contributed by atoms with E-state index in [1.54, 1.807) is 19.9 Å². The molecule has 1 unspecified atom stereocenters. The maximum absolute atomic E-state index is 13.0. The van der Waals surface area contributed by atoms with Crippen molar-refractivity contribution in [1.29, 1.82) is 0 Å². The number of nitro groups is 1. The van der Waals surface area contributed by atoms with Gasteiger partial charge in [0, 0.05) is 36.5 Å². The Bertz CT molecular complexity index is 1310. The highest BCUT2D eigenvalue weighted by atomic mass is 16.6. The van der Waals surface area contributed by atoms with Crippen molar-refractivity contribution in [3.8, 4) is 0 Å². The molecule has 4 rings (SSSR count). The normalized spacial score (nSPS) is 15.4. The minimum absolute atomic E-state index is 0.0857. The summed E-state index contributed by atoms with van der Waals surface area (Å²) in [4.78, 5) is 38.1. The molecule has 2 amide bonds. The number of benzene rings is 2. The van der Waals surface area contributed by atoms with Crippen LogP contribution in [0.3, 0.4) is 0 Å². The minimum atomic E-state index is -0.914. The van der Waals surface area contributed by atoms with Crippen LogP contribution in [0.4, 0.5) is 22.2 Å². The summed E-state index contributed by atoms with van der Waals surface area (Å²) in [5, 5.41) is 25.1. The molecule has 1 aliphatic rings. The first-order valence-corrected chi connectivity index (χ1v) is 11.2. The smallest absolute Gasteiger partial charge is 0.338 e. The Morgan fingerprint density at radius 1 is 1.22 bits per heavy atom. The lowest BCUT2D eigenvalue weighted by Crippen LogP contribution is -2.49. The van der Waals surface area contributed by atoms with Gasteiger partial charge < -0.3 is 24.7 Å². The molecule has 1 aliphatic heterocycles. The van der Waals surface area contributed by atoms with Crippen LogP contribution in [-0.4, -0.2) is 45.2 Å². The maximum atomic E-state index is 13.0. The summed E-state index contributed by atoms with van der Waals surface area (Å²) in [5.74, 6) is -0.355. The number of nitro benzene ring substituents is 1. The summed E-state index contributed by atoms with van der Waals surface area (Å²) < 4.78 is 10.9. The molecule has 186 valence electrons. The lowest BCUT2D eigenvalue weighted by molar-refractivity contribution is -0.384. The number of nitrogens with one attached hydrogen (secondary N) is 2. The molecule has 0 aliphatic carbocycles. The molecule has 0 saturated carbocycles. The van der Waals surface area contributed by atoms with Crippen LogP contribution in [0.2, 0.25) is 0 Å². The number of amides is 2. The molecule has 0 spiro atoms. The topological polar surface area (TPSA) is 153 Å². The molecular weight excluding hydrogens is 468 g/mol. The van der Waals surface area contributed by atoms with Crippen molar-refractivity contribution in [2.24, 2.45) is 0 Å². The van der Waals surface area contributed by atoms with E-state index < -0.39 is 23.0 Å². The second-order valence-electron chi connectivity index (χ2n) is 7.88. The second-order valence-corrected chi connectivity index (χ2v) is 7.88. The van der Waals surface area contributed by atoms with Crippen molar-refractivity contribution in [3.05, 3.63) is 87.4 Å². The third kappa shape index (κ3) is 5.32. The van der Waals surface area contributed by atoms with Gasteiger partial charge in [-0.1, -0.05) is 35.4 Å². The van der Waals surface area contributed by atoms with Crippen molar-refractivity contribution in [2.45, 2.75) is 26.3 Å². The molecule has 1 aromatic heterocycles. The van der Waals surface area contributed by atoms with Gasteiger partial charge in [-0.3, -0.25) is 10.1 Å². The minimum Gasteiger partial charge on any atom is -0.463 e. The van der Waals surface area contributed by atoms with Crippen LogP contribution < -0.4 is 10.6 Å². The third-order valence-corrected chi connectivity index (χ3v) is 5.50. The second kappa shape index (κ2) is 10.7. The Labute approximate surface area is 206 Å². The van der Waals surface area contributed by atoms with E-state index in [0.717, 1.165) is 5.69 Å². The van der Waals surface area contributed by atoms with Crippen LogP contribution in [0.15, 0.2) is 70.3 Å². The molecule has 36 heavy (non-hydrogen) atoms. The van der Waals surface area contributed by atoms with Crippen molar-refractivity contribution in [3.63, 3.8) is 0 Å². The van der Waals surface area contributed by atoms with E-state index >= 15 is 0 Å². The van der Waals surface area contributed by atoms with E-state index in [0.29, 0.717) is 11.3 Å². The zero-order valence-corrected chi connectivity index (χ0v) is 19.6. The summed E-state index contributed by atoms with van der Waals surface area (Å²) >= 11 is 0. The average molecular weight is 492 g/mol. The van der Waals surface area contributed by atoms with Gasteiger partial charge >= 0.3 is 18.0 Å². The number of rotatable bonds is 9. The number of esters is 1. The van der Waals surface area contributed by atoms with Crippen LogP contribution in [0, 0.1) is 10.1 Å². The quantitative estimate of drug-likeness (QED) is 0.257. The van der Waals surface area contributed by atoms with Gasteiger partial charge in [0.25, 0.3) is 5.69 Å². The maximum Gasteiger partial charge on any atom is 0.338 e. The van der Waals surface area contributed by atoms with Gasteiger partial charge in [0.05, 0.1) is 23.1 Å². The van der Waals surface area contributed by atoms with E-state index in [4.69, 9.17) is 9.15 Å². The van der Waals surface area contributed by atoms with E-state index in [9.17, 15) is 19.7 Å². The van der Waals surface area contributed by atoms with Gasteiger partial charge in [0.2, 0.25) is 5.89 Å². The van der Waals surface area contributed by atoms with Crippen molar-refractivity contribution in [1.82, 2.24) is 20.4 Å². The molecule has 2 heterocycles. The Morgan fingerprint density at radius 2 is 2.00 bits per heavy atom. The number of hydrogen-bond donors (Lipinski definition) is 2. The highest BCUT2D eigenvalue weighted by molar-refractivity contribution is 5.95. The van der Waals surface area contributed by atoms with E-state index in [-0.39, 0.29) is 42.7 Å². The van der Waals surface area contributed by atoms with Gasteiger partial charge in [-0.05, 0) is 31.5 Å². The fourth-order valence-electron chi connectivity index (χ4n) is 3.90. The lowest BCUT2D eigenvalue weighted by Gasteiger charge is -2.37. The van der Waals surface area contributed by atoms with Gasteiger partial charge in [-0.2, -0.15) is 0 Å². The van der Waals surface area contributed by atoms with Crippen LogP contribution in [0.1, 0.15) is 31.3 Å². The fraction of sp³-hybridized carbons (Fsp3) is 0.250. The molecular formula is C24H24N6O6. The number of anilines is 2. The van der Waals surface area contributed by atoms with Crippen molar-refractivity contribution < 1.29 is 23.7 Å². The van der Waals surface area contributed by atoms with Crippen molar-refractivity contribution in [2.75, 3.05) is 18.5 Å². The molecule has 2 N–H and O–H groups in total. The number of nitrogens with zero attached hydrogens (tertiary/aromatic N) is 4. The molecule has 12 nitrogen and oxygen atoms in total. The SMILES string of the molecule is CCOC(=O)C1=C(C)NC(=O)N(CCc2nnc(Nc3ccccc3)o2)C1c1cccc([N+](=O)[O-])c1. The number of carbonyl (C=O) groups is 2. The first kappa shape index (κ1) is 24.4. The van der Waals surface area contributed by atoms with Crippen LogP contribution in [0.25, 0.3) is 0 Å². The first-order chi connectivity index (χ1) is 17.4. The number of aromatic nitrogens is 2. The molecule has 0 bridgehead atoms. The Hall–Kier alpha value is -4.74. The Balaban J connectivity index is 1.61. The summed E-state index contributed by atoms with van der Waals surface area (Å²) in [5.41, 5.74) is 1.52. The van der Waals surface area contributed by atoms with Crippen molar-refractivity contribution >= 4 is 29.4 Å². The molecule has 3 aromatic rings. The van der Waals surface area contributed by atoms with E-state index in [2.05, 4.69) is 20.8 Å². The van der Waals surface area contributed by atoms with Gasteiger partial charge in [-0.25, -0.2) is 9.59 Å². The zero-order chi connectivity index (χ0) is 25.7. The third-order valence-electron chi connectivity index (χ3n) is 5.50. The van der Waals surface area contributed by atoms with Crippen LogP contribution in [0.5, 0.6) is 0 Å². The molecule has 12 heteroatoms. The van der Waals surface area contributed by atoms with Gasteiger partial charge in [-0.15, -0.1) is 5.10 Å². The first-order valence-electron chi connectivity index (χ1n) is 11.2. The lowest BCUT2D eigenvalue weighted by atomic mass is 9.93. The van der Waals surface area contributed by atoms with Gasteiger partial charge in [0.15, 0.2) is 0 Å². The number of non-ortho nitro benzene ring substituents is 1. The molecule has 2 aromatic carbocycles. The average Bonchev–Trinajstić information content (AvgIpc) is 3.31. The Morgan fingerprint density at radius 3 is 2.72 bits per heavy atom. The van der Waals surface area contributed by atoms with Crippen LogP contribution >= 0.6 is 0 Å². The number of allylic oxidation sites excluding steroid dienone is 1. The Kier molecular flexibility index (Phi) is 7.23. The van der Waals surface area contributed by atoms with E-state index in [1.807, 2.05) is 30.3 Å². The summed E-state index contributed by atoms with van der Waals surface area (Å²) in [6, 6.07) is 13.9. The largest absolute Gasteiger partial charge is 0.463 e. The highest BCUT2D eigenvalue weighted by Gasteiger charge is 2.39. The predicted octanol–water partition coefficient (Wildman–Crippen LogP) is 3.87.